The summed E-state index contributed by atoms with van der Waals surface area (Å²) in [5.41, 5.74) is 0. The van der Waals surface area contributed by atoms with E-state index in [1.807, 2.05) is 6.08 Å². The lowest BCUT2D eigenvalue weighted by atomic mass is 10.0. The van der Waals surface area contributed by atoms with Gasteiger partial charge in [-0.2, -0.15) is 0 Å². The second-order valence-corrected chi connectivity index (χ2v) is 3.90. The molecule has 0 aromatic heterocycles. The van der Waals surface area contributed by atoms with Crippen molar-refractivity contribution in [3.63, 3.8) is 0 Å². The van der Waals surface area contributed by atoms with Gasteiger partial charge in [-0.1, -0.05) is 12.2 Å². The molecule has 0 saturated heterocycles. The molecule has 0 saturated carbocycles. The summed E-state index contributed by atoms with van der Waals surface area (Å²) in [6.07, 6.45) is 5.80. The SMILES string of the molecule is COC(CNC(=O)NC1CC=CCC1)C(=O)O. The van der Waals surface area contributed by atoms with Crippen LogP contribution in [-0.4, -0.2) is 42.9 Å². The molecule has 0 fully saturated rings. The number of urea groups is 1. The van der Waals surface area contributed by atoms with Gasteiger partial charge >= 0.3 is 12.0 Å². The molecule has 0 radical (unpaired) electrons. The lowest BCUT2D eigenvalue weighted by Gasteiger charge is -2.20. The first kappa shape index (κ1) is 13.5. The zero-order valence-electron chi connectivity index (χ0n) is 9.81. The van der Waals surface area contributed by atoms with Crippen molar-refractivity contribution in [3.8, 4) is 0 Å². The van der Waals surface area contributed by atoms with Gasteiger partial charge in [0.25, 0.3) is 0 Å². The van der Waals surface area contributed by atoms with E-state index < -0.39 is 12.1 Å². The highest BCUT2D eigenvalue weighted by Gasteiger charge is 2.18. The number of amides is 2. The first-order valence-corrected chi connectivity index (χ1v) is 5.58. The summed E-state index contributed by atoms with van der Waals surface area (Å²) in [5, 5.41) is 14.0. The number of nitrogens with one attached hydrogen (secondary N) is 2. The summed E-state index contributed by atoms with van der Waals surface area (Å²) in [6.45, 7) is -0.0414. The number of carbonyl (C=O) groups excluding carboxylic acids is 1. The Bertz CT molecular complexity index is 304. The number of methoxy groups -OCH3 is 1. The minimum atomic E-state index is -1.09. The van der Waals surface area contributed by atoms with Crippen LogP contribution in [0, 0.1) is 0 Å². The van der Waals surface area contributed by atoms with Crippen LogP contribution in [0.3, 0.4) is 0 Å². The van der Waals surface area contributed by atoms with Crippen LogP contribution in [0.5, 0.6) is 0 Å². The molecule has 2 atom stereocenters. The third kappa shape index (κ3) is 4.86. The normalized spacial score (nSPS) is 20.6. The van der Waals surface area contributed by atoms with Gasteiger partial charge < -0.3 is 20.5 Å². The van der Waals surface area contributed by atoms with Gasteiger partial charge in [0.15, 0.2) is 6.10 Å². The molecule has 0 aliphatic heterocycles. The molecule has 0 aromatic rings. The average molecular weight is 242 g/mol. The van der Waals surface area contributed by atoms with E-state index in [4.69, 9.17) is 9.84 Å². The van der Waals surface area contributed by atoms with E-state index in [2.05, 4.69) is 16.7 Å². The number of ether oxygens (including phenoxy) is 1. The second-order valence-electron chi connectivity index (χ2n) is 3.90. The van der Waals surface area contributed by atoms with Gasteiger partial charge in [-0.3, -0.25) is 0 Å². The zero-order valence-corrected chi connectivity index (χ0v) is 9.81. The molecule has 2 amide bonds. The molecule has 3 N–H and O–H groups in total. The van der Waals surface area contributed by atoms with Crippen molar-refractivity contribution >= 4 is 12.0 Å². The van der Waals surface area contributed by atoms with Crippen molar-refractivity contribution in [1.29, 1.82) is 0 Å². The lowest BCUT2D eigenvalue weighted by Crippen LogP contribution is -2.46. The van der Waals surface area contributed by atoms with E-state index in [-0.39, 0.29) is 18.6 Å². The van der Waals surface area contributed by atoms with E-state index in [1.54, 1.807) is 0 Å². The van der Waals surface area contributed by atoms with Crippen LogP contribution in [0.4, 0.5) is 4.79 Å². The fourth-order valence-corrected chi connectivity index (χ4v) is 1.62. The minimum Gasteiger partial charge on any atom is -0.479 e. The van der Waals surface area contributed by atoms with Crippen LogP contribution in [0.25, 0.3) is 0 Å². The molecular weight excluding hydrogens is 224 g/mol. The second kappa shape index (κ2) is 6.90. The first-order valence-electron chi connectivity index (χ1n) is 5.58. The maximum atomic E-state index is 11.5. The Morgan fingerprint density at radius 2 is 2.29 bits per heavy atom. The van der Waals surface area contributed by atoms with Gasteiger partial charge in [0.2, 0.25) is 0 Å². The van der Waals surface area contributed by atoms with E-state index in [0.29, 0.717) is 0 Å². The quantitative estimate of drug-likeness (QED) is 0.612. The maximum Gasteiger partial charge on any atom is 0.334 e. The molecule has 0 bridgehead atoms. The van der Waals surface area contributed by atoms with Crippen molar-refractivity contribution in [1.82, 2.24) is 10.6 Å². The van der Waals surface area contributed by atoms with E-state index in [9.17, 15) is 9.59 Å². The number of hydrogen-bond acceptors (Lipinski definition) is 3. The summed E-state index contributed by atoms with van der Waals surface area (Å²) in [4.78, 5) is 22.1. The molecule has 6 nitrogen and oxygen atoms in total. The largest absolute Gasteiger partial charge is 0.479 e. The molecule has 2 unspecified atom stereocenters. The molecule has 96 valence electrons. The summed E-state index contributed by atoms with van der Waals surface area (Å²) < 4.78 is 4.70. The number of allylic oxidation sites excluding steroid dienone is 1. The molecule has 1 rings (SSSR count). The summed E-state index contributed by atoms with van der Waals surface area (Å²) in [7, 11) is 1.30. The molecule has 1 aliphatic rings. The Morgan fingerprint density at radius 1 is 1.53 bits per heavy atom. The van der Waals surface area contributed by atoms with Gasteiger partial charge in [0, 0.05) is 13.2 Å². The fraction of sp³-hybridized carbons (Fsp3) is 0.636. The van der Waals surface area contributed by atoms with Crippen molar-refractivity contribution in [3.05, 3.63) is 12.2 Å². The highest BCUT2D eigenvalue weighted by molar-refractivity contribution is 5.77. The third-order valence-electron chi connectivity index (χ3n) is 2.61. The van der Waals surface area contributed by atoms with Gasteiger partial charge in [0.1, 0.15) is 0 Å². The Hall–Kier alpha value is -1.56. The number of carboxylic acid groups (broad SMARTS) is 1. The maximum absolute atomic E-state index is 11.5. The first-order chi connectivity index (χ1) is 8.13. The van der Waals surface area contributed by atoms with Crippen molar-refractivity contribution in [2.75, 3.05) is 13.7 Å². The topological polar surface area (TPSA) is 87.7 Å². The van der Waals surface area contributed by atoms with Gasteiger partial charge in [-0.05, 0) is 19.3 Å². The van der Waals surface area contributed by atoms with Crippen molar-refractivity contribution in [2.24, 2.45) is 0 Å². The third-order valence-corrected chi connectivity index (χ3v) is 2.61. The van der Waals surface area contributed by atoms with Gasteiger partial charge in [0.05, 0.1) is 6.54 Å². The zero-order chi connectivity index (χ0) is 12.7. The molecular formula is C11H18N2O4. The number of carboxylic acids is 1. The van der Waals surface area contributed by atoms with Crippen molar-refractivity contribution in [2.45, 2.75) is 31.4 Å². The molecule has 6 heteroatoms. The van der Waals surface area contributed by atoms with Crippen LogP contribution >= 0.6 is 0 Å². The summed E-state index contributed by atoms with van der Waals surface area (Å²) in [5.74, 6) is -1.09. The summed E-state index contributed by atoms with van der Waals surface area (Å²) >= 11 is 0. The molecule has 17 heavy (non-hydrogen) atoms. The average Bonchev–Trinajstić information content (AvgIpc) is 2.30. The van der Waals surface area contributed by atoms with Gasteiger partial charge in [-0.25, -0.2) is 9.59 Å². The van der Waals surface area contributed by atoms with Crippen molar-refractivity contribution < 1.29 is 19.4 Å². The van der Waals surface area contributed by atoms with Crippen LogP contribution in [0.15, 0.2) is 12.2 Å². The van der Waals surface area contributed by atoms with Crippen LogP contribution in [0.2, 0.25) is 0 Å². The monoisotopic (exact) mass is 242 g/mol. The summed E-state index contributed by atoms with van der Waals surface area (Å²) in [6, 6.07) is -0.223. The smallest absolute Gasteiger partial charge is 0.334 e. The predicted octanol–water partition coefficient (Wildman–Crippen LogP) is 0.494. The standard InChI is InChI=1S/C11H18N2O4/c1-17-9(10(14)15)7-12-11(16)13-8-5-3-2-4-6-8/h2-3,8-9H,4-7H2,1H3,(H,14,15)(H2,12,13,16). The predicted molar refractivity (Wildman–Crippen MR) is 61.7 cm³/mol. The molecule has 0 aromatic carbocycles. The Balaban J connectivity index is 2.24. The highest BCUT2D eigenvalue weighted by atomic mass is 16.5. The number of hydrogen-bond donors (Lipinski definition) is 3. The van der Waals surface area contributed by atoms with E-state index >= 15 is 0 Å². The fourth-order valence-electron chi connectivity index (χ4n) is 1.62. The van der Waals surface area contributed by atoms with E-state index in [0.717, 1.165) is 19.3 Å². The highest BCUT2D eigenvalue weighted by Crippen LogP contribution is 2.09. The van der Waals surface area contributed by atoms with Gasteiger partial charge in [-0.15, -0.1) is 0 Å². The Morgan fingerprint density at radius 3 is 2.82 bits per heavy atom. The van der Waals surface area contributed by atoms with Crippen LogP contribution in [-0.2, 0) is 9.53 Å². The number of carbonyl (C=O) groups is 2. The number of rotatable bonds is 5. The molecule has 0 spiro atoms. The lowest BCUT2D eigenvalue weighted by molar-refractivity contribution is -0.147. The Labute approximate surface area is 100 Å². The Kier molecular flexibility index (Phi) is 5.48. The minimum absolute atomic E-state index is 0.0414. The molecule has 0 heterocycles. The molecule has 1 aliphatic carbocycles. The van der Waals surface area contributed by atoms with E-state index in [1.165, 1.54) is 7.11 Å². The van der Waals surface area contributed by atoms with Crippen LogP contribution in [0.1, 0.15) is 19.3 Å². The van der Waals surface area contributed by atoms with Crippen LogP contribution < -0.4 is 10.6 Å². The number of aliphatic carboxylic acids is 1.